The molecule has 0 heterocycles. The Hall–Kier alpha value is -1.35. The van der Waals surface area contributed by atoms with Crippen molar-refractivity contribution in [3.05, 3.63) is 29.3 Å². The zero-order valence-corrected chi connectivity index (χ0v) is 10.6. The van der Waals surface area contributed by atoms with Crippen molar-refractivity contribution in [2.24, 2.45) is 0 Å². The van der Waals surface area contributed by atoms with Gasteiger partial charge in [-0.25, -0.2) is 0 Å². The first kappa shape index (κ1) is 13.7. The van der Waals surface area contributed by atoms with Gasteiger partial charge in [-0.05, 0) is 37.1 Å². The summed E-state index contributed by atoms with van der Waals surface area (Å²) < 4.78 is 11.0. The van der Waals surface area contributed by atoms with Crippen LogP contribution in [0.4, 0.5) is 0 Å². The van der Waals surface area contributed by atoms with Gasteiger partial charge in [0.05, 0.1) is 6.61 Å². The summed E-state index contributed by atoms with van der Waals surface area (Å²) in [4.78, 5) is 10.6. The van der Waals surface area contributed by atoms with Gasteiger partial charge < -0.3 is 9.47 Å². The summed E-state index contributed by atoms with van der Waals surface area (Å²) in [6, 6.07) is 5.40. The number of hydrogen-bond donors (Lipinski definition) is 0. The Labute approximate surface area is 103 Å². The molecule has 17 heavy (non-hydrogen) atoms. The molecule has 1 rings (SSSR count). The number of aldehydes is 1. The first-order valence-electron chi connectivity index (χ1n) is 6.04. The van der Waals surface area contributed by atoms with Gasteiger partial charge in [0.15, 0.2) is 0 Å². The van der Waals surface area contributed by atoms with Gasteiger partial charge in [-0.15, -0.1) is 0 Å². The number of rotatable bonds is 8. The normalized spacial score (nSPS) is 10.2. The molecule has 0 aromatic heterocycles. The van der Waals surface area contributed by atoms with Crippen molar-refractivity contribution in [3.8, 4) is 5.75 Å². The highest BCUT2D eigenvalue weighted by molar-refractivity contribution is 5.75. The Bertz CT molecular complexity index is 347. The molecule has 1 aromatic rings. The second-order valence-electron chi connectivity index (χ2n) is 3.96. The van der Waals surface area contributed by atoms with E-state index < -0.39 is 0 Å². The summed E-state index contributed by atoms with van der Waals surface area (Å²) in [5.74, 6) is 0.815. The molecule has 3 nitrogen and oxygen atoms in total. The van der Waals surface area contributed by atoms with Crippen LogP contribution < -0.4 is 4.74 Å². The van der Waals surface area contributed by atoms with Crippen molar-refractivity contribution in [2.75, 3.05) is 19.8 Å². The van der Waals surface area contributed by atoms with E-state index in [-0.39, 0.29) is 0 Å². The molecule has 3 heteroatoms. The van der Waals surface area contributed by atoms with E-state index in [2.05, 4.69) is 6.92 Å². The highest BCUT2D eigenvalue weighted by atomic mass is 16.5. The SMILES string of the molecule is CCCCOCCOc1ccc(C=O)cc1C. The molecule has 0 unspecified atom stereocenters. The van der Waals surface area contributed by atoms with Crippen molar-refractivity contribution in [1.29, 1.82) is 0 Å². The number of benzene rings is 1. The Morgan fingerprint density at radius 3 is 2.71 bits per heavy atom. The molecular weight excluding hydrogens is 216 g/mol. The number of carbonyl (C=O) groups is 1. The third-order valence-electron chi connectivity index (χ3n) is 2.46. The summed E-state index contributed by atoms with van der Waals surface area (Å²) in [5.41, 5.74) is 1.65. The first-order chi connectivity index (χ1) is 8.27. The van der Waals surface area contributed by atoms with Crippen molar-refractivity contribution in [2.45, 2.75) is 26.7 Å². The van der Waals surface area contributed by atoms with Gasteiger partial charge in [-0.3, -0.25) is 4.79 Å². The van der Waals surface area contributed by atoms with Gasteiger partial charge in [0, 0.05) is 12.2 Å². The topological polar surface area (TPSA) is 35.5 Å². The minimum absolute atomic E-state index is 0.547. The van der Waals surface area contributed by atoms with E-state index >= 15 is 0 Å². The number of unbranched alkanes of at least 4 members (excludes halogenated alkanes) is 1. The van der Waals surface area contributed by atoms with E-state index in [1.807, 2.05) is 19.1 Å². The van der Waals surface area contributed by atoms with Gasteiger partial charge in [0.1, 0.15) is 18.6 Å². The van der Waals surface area contributed by atoms with Crippen LogP contribution in [0, 0.1) is 6.92 Å². The maximum atomic E-state index is 10.6. The van der Waals surface area contributed by atoms with E-state index in [1.54, 1.807) is 6.07 Å². The second-order valence-corrected chi connectivity index (χ2v) is 3.96. The highest BCUT2D eigenvalue weighted by Crippen LogP contribution is 2.18. The summed E-state index contributed by atoms with van der Waals surface area (Å²) in [6.07, 6.45) is 3.07. The quantitative estimate of drug-likeness (QED) is 0.514. The molecule has 0 N–H and O–H groups in total. The summed E-state index contributed by atoms with van der Waals surface area (Å²) in [5, 5.41) is 0. The predicted octanol–water partition coefficient (Wildman–Crippen LogP) is 3.00. The lowest BCUT2D eigenvalue weighted by atomic mass is 10.1. The van der Waals surface area contributed by atoms with Crippen LogP contribution in [-0.4, -0.2) is 26.1 Å². The van der Waals surface area contributed by atoms with Gasteiger partial charge in [-0.2, -0.15) is 0 Å². The molecule has 0 saturated heterocycles. The molecule has 0 saturated carbocycles. The van der Waals surface area contributed by atoms with Gasteiger partial charge in [0.2, 0.25) is 0 Å². The second kappa shape index (κ2) is 7.85. The average molecular weight is 236 g/mol. The lowest BCUT2D eigenvalue weighted by molar-refractivity contribution is 0.0978. The molecule has 0 aliphatic carbocycles. The molecule has 0 bridgehead atoms. The average Bonchev–Trinajstić information content (AvgIpc) is 2.35. The summed E-state index contributed by atoms with van der Waals surface area (Å²) in [7, 11) is 0. The van der Waals surface area contributed by atoms with Crippen molar-refractivity contribution < 1.29 is 14.3 Å². The molecule has 0 aliphatic rings. The fourth-order valence-corrected chi connectivity index (χ4v) is 1.47. The fourth-order valence-electron chi connectivity index (χ4n) is 1.47. The van der Waals surface area contributed by atoms with Gasteiger partial charge in [-0.1, -0.05) is 13.3 Å². The Balaban J connectivity index is 2.29. The van der Waals surface area contributed by atoms with Crippen molar-refractivity contribution >= 4 is 6.29 Å². The number of ether oxygens (including phenoxy) is 2. The van der Waals surface area contributed by atoms with Gasteiger partial charge in [0.25, 0.3) is 0 Å². The van der Waals surface area contributed by atoms with Crippen LogP contribution in [0.2, 0.25) is 0 Å². The molecule has 0 amide bonds. The maximum absolute atomic E-state index is 10.6. The van der Waals surface area contributed by atoms with Crippen LogP contribution in [0.25, 0.3) is 0 Å². The Morgan fingerprint density at radius 2 is 2.06 bits per heavy atom. The number of aryl methyl sites for hydroxylation is 1. The van der Waals surface area contributed by atoms with Crippen molar-refractivity contribution in [3.63, 3.8) is 0 Å². The predicted molar refractivity (Wildman–Crippen MR) is 67.8 cm³/mol. The molecule has 0 spiro atoms. The van der Waals surface area contributed by atoms with Crippen LogP contribution >= 0.6 is 0 Å². The van der Waals surface area contributed by atoms with Crippen LogP contribution in [-0.2, 0) is 4.74 Å². The molecule has 94 valence electrons. The summed E-state index contributed by atoms with van der Waals surface area (Å²) in [6.45, 7) is 6.01. The molecule has 1 aromatic carbocycles. The van der Waals surface area contributed by atoms with E-state index in [0.717, 1.165) is 37.0 Å². The third-order valence-corrected chi connectivity index (χ3v) is 2.46. The minimum atomic E-state index is 0.547. The monoisotopic (exact) mass is 236 g/mol. The van der Waals surface area contributed by atoms with Gasteiger partial charge >= 0.3 is 0 Å². The van der Waals surface area contributed by atoms with Crippen molar-refractivity contribution in [1.82, 2.24) is 0 Å². The Morgan fingerprint density at radius 1 is 1.24 bits per heavy atom. The largest absolute Gasteiger partial charge is 0.491 e. The third kappa shape index (κ3) is 5.00. The zero-order valence-electron chi connectivity index (χ0n) is 10.6. The lowest BCUT2D eigenvalue weighted by Gasteiger charge is -2.09. The highest BCUT2D eigenvalue weighted by Gasteiger charge is 2.00. The summed E-state index contributed by atoms with van der Waals surface area (Å²) >= 11 is 0. The number of hydrogen-bond acceptors (Lipinski definition) is 3. The Kier molecular flexibility index (Phi) is 6.33. The molecule has 0 fully saturated rings. The van der Waals surface area contributed by atoms with E-state index in [4.69, 9.17) is 9.47 Å². The van der Waals surface area contributed by atoms with Crippen LogP contribution in [0.15, 0.2) is 18.2 Å². The van der Waals surface area contributed by atoms with Crippen LogP contribution in [0.1, 0.15) is 35.7 Å². The standard InChI is InChI=1S/C14H20O3/c1-3-4-7-16-8-9-17-14-6-5-13(11-15)10-12(14)2/h5-6,10-11H,3-4,7-9H2,1-2H3. The maximum Gasteiger partial charge on any atom is 0.150 e. The number of carbonyl (C=O) groups excluding carboxylic acids is 1. The smallest absolute Gasteiger partial charge is 0.150 e. The van der Waals surface area contributed by atoms with E-state index in [1.165, 1.54) is 0 Å². The van der Waals surface area contributed by atoms with E-state index in [9.17, 15) is 4.79 Å². The lowest BCUT2D eigenvalue weighted by Crippen LogP contribution is -2.08. The molecule has 0 radical (unpaired) electrons. The zero-order chi connectivity index (χ0) is 12.5. The van der Waals surface area contributed by atoms with Crippen LogP contribution in [0.5, 0.6) is 5.75 Å². The van der Waals surface area contributed by atoms with E-state index in [0.29, 0.717) is 18.8 Å². The minimum Gasteiger partial charge on any atom is -0.491 e. The molecular formula is C14H20O3. The first-order valence-corrected chi connectivity index (χ1v) is 6.04. The molecule has 0 atom stereocenters. The fraction of sp³-hybridized carbons (Fsp3) is 0.500. The molecule has 0 aliphatic heterocycles. The van der Waals surface area contributed by atoms with Crippen LogP contribution in [0.3, 0.4) is 0 Å².